The van der Waals surface area contributed by atoms with E-state index in [0.717, 1.165) is 19.6 Å². The maximum Gasteiger partial charge on any atom is 0.0206 e. The van der Waals surface area contributed by atoms with Crippen molar-refractivity contribution in [1.29, 1.82) is 0 Å². The third-order valence-corrected chi connectivity index (χ3v) is 4.31. The van der Waals surface area contributed by atoms with Gasteiger partial charge in [0.1, 0.15) is 0 Å². The second kappa shape index (κ2) is 13.3. The second-order valence-corrected chi connectivity index (χ2v) is 6.53. The van der Waals surface area contributed by atoms with Gasteiger partial charge in [-0.15, -0.1) is 0 Å². The molecule has 0 heterocycles. The van der Waals surface area contributed by atoms with Crippen molar-refractivity contribution in [3.05, 3.63) is 35.9 Å². The summed E-state index contributed by atoms with van der Waals surface area (Å²) in [6.45, 7) is 4.28. The van der Waals surface area contributed by atoms with Gasteiger partial charge in [-0.1, -0.05) is 68.5 Å². The summed E-state index contributed by atoms with van der Waals surface area (Å²) < 4.78 is 0. The Labute approximate surface area is 128 Å². The van der Waals surface area contributed by atoms with Gasteiger partial charge in [0.15, 0.2) is 0 Å². The van der Waals surface area contributed by atoms with Crippen LogP contribution in [0.4, 0.5) is 0 Å². The lowest BCUT2D eigenvalue weighted by molar-refractivity contribution is 0.557. The summed E-state index contributed by atoms with van der Waals surface area (Å²) in [5.41, 5.74) is 1.36. The molecule has 0 spiro atoms. The smallest absolute Gasteiger partial charge is 0.0206 e. The van der Waals surface area contributed by atoms with E-state index in [9.17, 15) is 0 Å². The zero-order valence-electron chi connectivity index (χ0n) is 13.2. The van der Waals surface area contributed by atoms with Crippen LogP contribution >= 0.6 is 0 Å². The van der Waals surface area contributed by atoms with Gasteiger partial charge in [-0.3, -0.25) is 0 Å². The van der Waals surface area contributed by atoms with Crippen molar-refractivity contribution < 1.29 is 0 Å². The molecule has 0 aromatic heterocycles. The summed E-state index contributed by atoms with van der Waals surface area (Å²) in [6, 6.07) is 12.1. The fourth-order valence-electron chi connectivity index (χ4n) is 2.34. The van der Waals surface area contributed by atoms with E-state index in [1.54, 1.807) is 0 Å². The largest absolute Gasteiger partial charge is 0.315 e. The lowest BCUT2D eigenvalue weighted by Crippen LogP contribution is -2.27. The van der Waals surface area contributed by atoms with Gasteiger partial charge < -0.3 is 10.6 Å². The molecule has 0 atom stereocenters. The Morgan fingerprint density at radius 1 is 0.700 bits per heavy atom. The highest BCUT2D eigenvalue weighted by Gasteiger charge is 1.92. The second-order valence-electron chi connectivity index (χ2n) is 5.53. The molecule has 0 bridgehead atoms. The maximum atomic E-state index is 3.52. The minimum atomic E-state index is 0.975. The minimum Gasteiger partial charge on any atom is -0.315 e. The Kier molecular flexibility index (Phi) is 11.6. The minimum absolute atomic E-state index is 0.975. The average Bonchev–Trinajstić information content (AvgIpc) is 2.49. The average molecular weight is 293 g/mol. The Morgan fingerprint density at radius 3 is 2.10 bits per heavy atom. The number of hydrogen-bond acceptors (Lipinski definition) is 2. The molecule has 2 nitrogen and oxygen atoms in total. The van der Waals surface area contributed by atoms with Crippen LogP contribution in [0.15, 0.2) is 30.3 Å². The maximum absolute atomic E-state index is 3.52. The van der Waals surface area contributed by atoms with E-state index in [-0.39, 0.29) is 0 Å². The molecule has 0 radical (unpaired) electrons. The van der Waals surface area contributed by atoms with Gasteiger partial charge in [-0.25, -0.2) is 0 Å². The van der Waals surface area contributed by atoms with Gasteiger partial charge in [-0.2, -0.15) is 0 Å². The van der Waals surface area contributed by atoms with Crippen LogP contribution in [0, 0.1) is 0 Å². The molecule has 0 amide bonds. The molecule has 1 aromatic rings. The summed E-state index contributed by atoms with van der Waals surface area (Å²) in [6.07, 6.45) is 8.53. The van der Waals surface area contributed by atoms with Gasteiger partial charge in [0.2, 0.25) is 0 Å². The fourth-order valence-corrected chi connectivity index (χ4v) is 2.84. The topological polar surface area (TPSA) is 24.1 Å². The van der Waals surface area contributed by atoms with Gasteiger partial charge in [0.05, 0.1) is 0 Å². The Hall–Kier alpha value is -0.643. The van der Waals surface area contributed by atoms with Gasteiger partial charge in [0, 0.05) is 29.9 Å². The van der Waals surface area contributed by atoms with Crippen LogP contribution in [-0.4, -0.2) is 29.9 Å². The van der Waals surface area contributed by atoms with Crippen molar-refractivity contribution in [1.82, 2.24) is 10.6 Å². The fraction of sp³-hybridized carbons (Fsp3) is 0.647. The van der Waals surface area contributed by atoms with Crippen LogP contribution in [0.25, 0.3) is 0 Å². The highest BCUT2D eigenvalue weighted by Crippen LogP contribution is 2.05. The molecule has 0 unspecified atom stereocenters. The molecule has 0 aliphatic carbocycles. The first-order valence-electron chi connectivity index (χ1n) is 8.39. The summed E-state index contributed by atoms with van der Waals surface area (Å²) in [5.74, 6) is 0. The number of nitrogens with one attached hydrogen (secondary N) is 2. The number of rotatable bonds is 13. The van der Waals surface area contributed by atoms with E-state index in [4.69, 9.17) is 0 Å². The Morgan fingerprint density at radius 2 is 1.35 bits per heavy atom. The first-order valence-corrected chi connectivity index (χ1v) is 9.80. The molecule has 0 saturated carbocycles. The molecule has 0 fully saturated rings. The van der Waals surface area contributed by atoms with Crippen molar-refractivity contribution in [2.75, 3.05) is 19.6 Å². The predicted molar refractivity (Wildman–Crippen MR) is 93.5 cm³/mol. The third kappa shape index (κ3) is 10.2. The Bertz CT molecular complexity index is 303. The molecule has 1 aromatic carbocycles. The number of hydrogen-bond donors (Lipinski definition) is 2. The highest BCUT2D eigenvalue weighted by molar-refractivity contribution is 6.08. The Balaban J connectivity index is 1.77. The summed E-state index contributed by atoms with van der Waals surface area (Å²) in [7, 11) is 1.39. The first kappa shape index (κ1) is 17.4. The van der Waals surface area contributed by atoms with Crippen molar-refractivity contribution >= 4 is 10.2 Å². The molecule has 3 heteroatoms. The quantitative estimate of drug-likeness (QED) is 0.431. The van der Waals surface area contributed by atoms with E-state index >= 15 is 0 Å². The van der Waals surface area contributed by atoms with Crippen LogP contribution in [0.2, 0.25) is 6.04 Å². The van der Waals surface area contributed by atoms with Gasteiger partial charge >= 0.3 is 0 Å². The number of benzene rings is 1. The van der Waals surface area contributed by atoms with Crippen molar-refractivity contribution in [2.45, 2.75) is 51.1 Å². The molecule has 1 rings (SSSR count). The van der Waals surface area contributed by atoms with Gasteiger partial charge in [-0.05, 0) is 18.5 Å². The van der Waals surface area contributed by atoms with Crippen molar-refractivity contribution in [2.24, 2.45) is 0 Å². The highest BCUT2D eigenvalue weighted by atomic mass is 28.1. The summed E-state index contributed by atoms with van der Waals surface area (Å²) >= 11 is 0. The molecular weight excluding hydrogens is 260 g/mol. The number of unbranched alkanes of at least 4 members (excludes halogenated alkanes) is 5. The van der Waals surface area contributed by atoms with Crippen LogP contribution in [0.5, 0.6) is 0 Å². The lowest BCUT2D eigenvalue weighted by Gasteiger charge is -2.07. The lowest BCUT2D eigenvalue weighted by atomic mass is 10.1. The molecule has 0 aliphatic rings. The molecule has 114 valence electrons. The molecule has 2 N–H and O–H groups in total. The van der Waals surface area contributed by atoms with E-state index in [2.05, 4.69) is 41.0 Å². The van der Waals surface area contributed by atoms with Crippen LogP contribution in [0.1, 0.15) is 44.1 Å². The predicted octanol–water partition coefficient (Wildman–Crippen LogP) is 2.49. The third-order valence-electron chi connectivity index (χ3n) is 3.61. The zero-order valence-corrected chi connectivity index (χ0v) is 15.2. The van der Waals surface area contributed by atoms with E-state index in [0.29, 0.717) is 0 Å². The van der Waals surface area contributed by atoms with E-state index < -0.39 is 0 Å². The summed E-state index contributed by atoms with van der Waals surface area (Å²) in [5, 5.41) is 6.98. The SMILES string of the molecule is [SiH3]CCCCCCCCNCCNCc1ccccc1. The standard InChI is InChI=1S/C17H32N2Si/c20-15-9-4-2-1-3-8-12-18-13-14-19-16-17-10-6-5-7-11-17/h5-7,10-11,18-19H,1-4,8-9,12-16H2,20H3. The van der Waals surface area contributed by atoms with E-state index in [1.807, 2.05) is 0 Å². The van der Waals surface area contributed by atoms with Crippen molar-refractivity contribution in [3.63, 3.8) is 0 Å². The summed E-state index contributed by atoms with van der Waals surface area (Å²) in [4.78, 5) is 0. The van der Waals surface area contributed by atoms with Crippen LogP contribution < -0.4 is 10.6 Å². The first-order chi connectivity index (χ1) is 9.93. The van der Waals surface area contributed by atoms with Crippen LogP contribution in [0.3, 0.4) is 0 Å². The zero-order chi connectivity index (χ0) is 14.3. The molecular formula is C17H32N2Si. The van der Waals surface area contributed by atoms with Gasteiger partial charge in [0.25, 0.3) is 0 Å². The monoisotopic (exact) mass is 292 g/mol. The molecule has 0 saturated heterocycles. The molecule has 0 aliphatic heterocycles. The van der Waals surface area contributed by atoms with Crippen LogP contribution in [-0.2, 0) is 6.54 Å². The van der Waals surface area contributed by atoms with E-state index in [1.165, 1.54) is 66.9 Å². The van der Waals surface area contributed by atoms with Crippen molar-refractivity contribution in [3.8, 4) is 0 Å². The normalized spacial score (nSPS) is 11.0. The molecule has 20 heavy (non-hydrogen) atoms.